The zero-order valence-electron chi connectivity index (χ0n) is 11.6. The van der Waals surface area contributed by atoms with Crippen LogP contribution < -0.4 is 4.72 Å². The Morgan fingerprint density at radius 1 is 1.30 bits per heavy atom. The van der Waals surface area contributed by atoms with Crippen molar-refractivity contribution in [3.63, 3.8) is 0 Å². The van der Waals surface area contributed by atoms with Crippen LogP contribution in [0.15, 0.2) is 21.5 Å². The normalized spacial score (nSPS) is 23.8. The quantitative estimate of drug-likeness (QED) is 0.851. The largest absolute Gasteiger partial charge is 0.242 e. The molecule has 0 unspecified atom stereocenters. The van der Waals surface area contributed by atoms with Crippen LogP contribution in [0.2, 0.25) is 5.02 Å². The minimum absolute atomic E-state index is 0.0146. The monoisotopic (exact) mass is 379 g/mol. The van der Waals surface area contributed by atoms with Gasteiger partial charge in [-0.15, -0.1) is 0 Å². The molecule has 3 nitrogen and oxygen atoms in total. The molecule has 0 heterocycles. The lowest BCUT2D eigenvalue weighted by Gasteiger charge is -2.29. The number of benzene rings is 1. The molecule has 0 radical (unpaired) electrons. The SMILES string of the molecule is Cc1cc(Br)c(S(=O)(=O)N[C@H]2CCCC[C@@H]2C)cc1Cl. The first-order valence-corrected chi connectivity index (χ1v) is 9.44. The van der Waals surface area contributed by atoms with Gasteiger partial charge in [0.05, 0.1) is 4.90 Å². The predicted molar refractivity (Wildman–Crippen MR) is 85.6 cm³/mol. The molecule has 0 saturated heterocycles. The molecule has 0 aromatic heterocycles. The Labute approximate surface area is 134 Å². The van der Waals surface area contributed by atoms with Gasteiger partial charge in [0.25, 0.3) is 0 Å². The van der Waals surface area contributed by atoms with Gasteiger partial charge in [-0.2, -0.15) is 0 Å². The summed E-state index contributed by atoms with van der Waals surface area (Å²) in [5.74, 6) is 0.373. The fraction of sp³-hybridized carbons (Fsp3) is 0.571. The van der Waals surface area contributed by atoms with E-state index in [9.17, 15) is 8.42 Å². The van der Waals surface area contributed by atoms with E-state index >= 15 is 0 Å². The molecule has 20 heavy (non-hydrogen) atoms. The molecule has 1 N–H and O–H groups in total. The highest BCUT2D eigenvalue weighted by Gasteiger charge is 2.28. The van der Waals surface area contributed by atoms with Gasteiger partial charge in [-0.3, -0.25) is 0 Å². The molecule has 1 saturated carbocycles. The molecule has 2 atom stereocenters. The minimum Gasteiger partial charge on any atom is -0.208 e. The van der Waals surface area contributed by atoms with E-state index in [1.54, 1.807) is 6.07 Å². The van der Waals surface area contributed by atoms with Gasteiger partial charge >= 0.3 is 0 Å². The predicted octanol–water partition coefficient (Wildman–Crippen LogP) is 4.27. The molecule has 1 fully saturated rings. The van der Waals surface area contributed by atoms with Crippen LogP contribution in [0.1, 0.15) is 38.2 Å². The summed E-state index contributed by atoms with van der Waals surface area (Å²) in [6.45, 7) is 3.95. The number of sulfonamides is 1. The lowest BCUT2D eigenvalue weighted by molar-refractivity contribution is 0.310. The van der Waals surface area contributed by atoms with Crippen LogP contribution in [0, 0.1) is 12.8 Å². The Morgan fingerprint density at radius 3 is 2.60 bits per heavy atom. The molecule has 2 rings (SSSR count). The second-order valence-corrected chi connectivity index (χ2v) is 8.47. The Kier molecular flexibility index (Phi) is 5.16. The van der Waals surface area contributed by atoms with Crippen LogP contribution in [-0.2, 0) is 10.0 Å². The van der Waals surface area contributed by atoms with E-state index in [1.807, 2.05) is 6.92 Å². The van der Waals surface area contributed by atoms with E-state index in [0.29, 0.717) is 15.4 Å². The summed E-state index contributed by atoms with van der Waals surface area (Å²) in [5, 5.41) is 0.463. The number of aryl methyl sites for hydroxylation is 1. The molecule has 1 aliphatic rings. The summed E-state index contributed by atoms with van der Waals surface area (Å²) >= 11 is 9.37. The number of halogens is 2. The number of hydrogen-bond acceptors (Lipinski definition) is 2. The molecule has 112 valence electrons. The second kappa shape index (κ2) is 6.34. The highest BCUT2D eigenvalue weighted by atomic mass is 79.9. The molecule has 1 aromatic carbocycles. The van der Waals surface area contributed by atoms with Crippen molar-refractivity contribution in [2.45, 2.75) is 50.5 Å². The van der Waals surface area contributed by atoms with Crippen LogP contribution >= 0.6 is 27.5 Å². The maximum Gasteiger partial charge on any atom is 0.242 e. The third kappa shape index (κ3) is 3.56. The van der Waals surface area contributed by atoms with Crippen LogP contribution in [0.4, 0.5) is 0 Å². The third-order valence-electron chi connectivity index (χ3n) is 3.92. The summed E-state index contributed by atoms with van der Waals surface area (Å²) in [4.78, 5) is 0.214. The number of rotatable bonds is 3. The van der Waals surface area contributed by atoms with E-state index < -0.39 is 10.0 Å². The number of hydrogen-bond donors (Lipinski definition) is 1. The van der Waals surface area contributed by atoms with Gasteiger partial charge in [0.2, 0.25) is 10.0 Å². The van der Waals surface area contributed by atoms with Crippen molar-refractivity contribution in [1.29, 1.82) is 0 Å². The zero-order valence-corrected chi connectivity index (χ0v) is 14.8. The van der Waals surface area contributed by atoms with E-state index in [-0.39, 0.29) is 10.9 Å². The molecular formula is C14H19BrClNO2S. The van der Waals surface area contributed by atoms with Crippen LogP contribution in [-0.4, -0.2) is 14.5 Å². The molecule has 1 aliphatic carbocycles. The minimum atomic E-state index is -3.54. The van der Waals surface area contributed by atoms with Crippen molar-refractivity contribution in [1.82, 2.24) is 4.72 Å². The maximum atomic E-state index is 12.5. The van der Waals surface area contributed by atoms with Gasteiger partial charge in [-0.25, -0.2) is 13.1 Å². The topological polar surface area (TPSA) is 46.2 Å². The number of nitrogens with one attached hydrogen (secondary N) is 1. The molecule has 6 heteroatoms. The van der Waals surface area contributed by atoms with E-state index in [4.69, 9.17) is 11.6 Å². The van der Waals surface area contributed by atoms with Crippen molar-refractivity contribution >= 4 is 37.6 Å². The van der Waals surface area contributed by atoms with Crippen LogP contribution in [0.5, 0.6) is 0 Å². The Balaban J connectivity index is 2.28. The van der Waals surface area contributed by atoms with E-state index in [2.05, 4.69) is 27.6 Å². The van der Waals surface area contributed by atoms with E-state index in [0.717, 1.165) is 24.8 Å². The van der Waals surface area contributed by atoms with Gasteiger partial charge in [0, 0.05) is 15.5 Å². The standard InChI is InChI=1S/C14H19BrClNO2S/c1-9-5-3-4-6-13(9)17-20(18,19)14-8-12(16)10(2)7-11(14)15/h7-9,13,17H,3-6H2,1-2H3/t9-,13-/m0/s1. The molecule has 0 bridgehead atoms. The first-order valence-electron chi connectivity index (χ1n) is 6.79. The fourth-order valence-corrected chi connectivity index (χ4v) is 5.38. The average molecular weight is 381 g/mol. The highest BCUT2D eigenvalue weighted by molar-refractivity contribution is 9.10. The van der Waals surface area contributed by atoms with Crippen LogP contribution in [0.3, 0.4) is 0 Å². The van der Waals surface area contributed by atoms with Crippen molar-refractivity contribution < 1.29 is 8.42 Å². The average Bonchev–Trinajstić information content (AvgIpc) is 2.36. The Morgan fingerprint density at radius 2 is 1.95 bits per heavy atom. The van der Waals surface area contributed by atoms with Gasteiger partial charge in [-0.05, 0) is 59.3 Å². The Bertz CT molecular complexity index is 603. The summed E-state index contributed by atoms with van der Waals surface area (Å²) in [7, 11) is -3.54. The third-order valence-corrected chi connectivity index (χ3v) is 6.78. The molecule has 0 spiro atoms. The molecule has 1 aromatic rings. The first kappa shape index (κ1) is 16.3. The summed E-state index contributed by atoms with van der Waals surface area (Å²) < 4.78 is 28.4. The van der Waals surface area contributed by atoms with E-state index in [1.165, 1.54) is 12.5 Å². The zero-order chi connectivity index (χ0) is 14.9. The van der Waals surface area contributed by atoms with Crippen LogP contribution in [0.25, 0.3) is 0 Å². The fourth-order valence-electron chi connectivity index (χ4n) is 2.59. The Hall–Kier alpha value is -0.100. The highest BCUT2D eigenvalue weighted by Crippen LogP contribution is 2.30. The summed E-state index contributed by atoms with van der Waals surface area (Å²) in [5.41, 5.74) is 0.850. The van der Waals surface area contributed by atoms with Crippen molar-refractivity contribution in [3.05, 3.63) is 27.2 Å². The lowest BCUT2D eigenvalue weighted by Crippen LogP contribution is -2.41. The molecular weight excluding hydrogens is 362 g/mol. The molecule has 0 amide bonds. The van der Waals surface area contributed by atoms with Crippen molar-refractivity contribution in [3.8, 4) is 0 Å². The first-order chi connectivity index (χ1) is 9.31. The summed E-state index contributed by atoms with van der Waals surface area (Å²) in [6, 6.07) is 3.26. The van der Waals surface area contributed by atoms with Gasteiger partial charge in [0.15, 0.2) is 0 Å². The lowest BCUT2D eigenvalue weighted by atomic mass is 9.87. The van der Waals surface area contributed by atoms with Gasteiger partial charge in [0.1, 0.15) is 0 Å². The summed E-state index contributed by atoms with van der Waals surface area (Å²) in [6.07, 6.45) is 4.23. The van der Waals surface area contributed by atoms with Gasteiger partial charge < -0.3 is 0 Å². The maximum absolute atomic E-state index is 12.5. The second-order valence-electron chi connectivity index (χ2n) is 5.52. The molecule has 0 aliphatic heterocycles. The van der Waals surface area contributed by atoms with Crippen molar-refractivity contribution in [2.75, 3.05) is 0 Å². The van der Waals surface area contributed by atoms with Crippen molar-refractivity contribution in [2.24, 2.45) is 5.92 Å². The van der Waals surface area contributed by atoms with Gasteiger partial charge in [-0.1, -0.05) is 31.4 Å². The smallest absolute Gasteiger partial charge is 0.208 e.